The number of nitrogens with one attached hydrogen (secondary N) is 2. The van der Waals surface area contributed by atoms with Crippen LogP contribution in [0, 0.1) is 0 Å². The number of carbonyl (C=O) groups excluding carboxylic acids is 2. The number of anilines is 1. The molecule has 1 aliphatic rings. The maximum absolute atomic E-state index is 12.7. The standard InChI is InChI=1S/C20H23BrN2O4S/c1-26-11-10-22-19(25)18-15-4-2-3-5-16(15)28-20(18)23-17(24)12-27-14-8-6-13(21)7-9-14/h6-9H,2-5,10-12H2,1H3,(H,22,25)(H,23,24). The molecule has 2 N–H and O–H groups in total. The lowest BCUT2D eigenvalue weighted by Crippen LogP contribution is -2.29. The Morgan fingerprint density at radius 3 is 2.68 bits per heavy atom. The van der Waals surface area contributed by atoms with Gasteiger partial charge in [0.15, 0.2) is 6.61 Å². The summed E-state index contributed by atoms with van der Waals surface area (Å²) in [5.41, 5.74) is 1.66. The number of amides is 2. The molecule has 0 aliphatic heterocycles. The Kier molecular flexibility index (Phi) is 7.47. The molecule has 2 amide bonds. The van der Waals surface area contributed by atoms with Gasteiger partial charge in [-0.05, 0) is 55.5 Å². The minimum absolute atomic E-state index is 0.116. The van der Waals surface area contributed by atoms with Gasteiger partial charge in [0.05, 0.1) is 12.2 Å². The van der Waals surface area contributed by atoms with Crippen LogP contribution in [0.1, 0.15) is 33.6 Å². The molecule has 1 aliphatic carbocycles. The number of benzene rings is 1. The van der Waals surface area contributed by atoms with E-state index in [4.69, 9.17) is 9.47 Å². The second-order valence-corrected chi connectivity index (χ2v) is 8.48. The zero-order chi connectivity index (χ0) is 19.9. The highest BCUT2D eigenvalue weighted by Gasteiger charge is 2.26. The van der Waals surface area contributed by atoms with E-state index in [0.29, 0.717) is 29.5 Å². The van der Waals surface area contributed by atoms with Gasteiger partial charge in [-0.3, -0.25) is 9.59 Å². The average molecular weight is 467 g/mol. The largest absolute Gasteiger partial charge is 0.484 e. The SMILES string of the molecule is COCCNC(=O)c1c(NC(=O)COc2ccc(Br)cc2)sc2c1CCCC2. The zero-order valence-electron chi connectivity index (χ0n) is 15.7. The van der Waals surface area contributed by atoms with Crippen LogP contribution in [-0.4, -0.2) is 38.7 Å². The molecular formula is C20H23BrN2O4S. The number of aryl methyl sites for hydroxylation is 1. The third-order valence-electron chi connectivity index (χ3n) is 4.43. The molecule has 0 bridgehead atoms. The molecule has 1 aromatic heterocycles. The third kappa shape index (κ3) is 5.33. The Morgan fingerprint density at radius 1 is 1.18 bits per heavy atom. The molecule has 150 valence electrons. The minimum atomic E-state index is -0.285. The van der Waals surface area contributed by atoms with Crippen molar-refractivity contribution >= 4 is 44.1 Å². The number of halogens is 1. The second kappa shape index (κ2) is 10.0. The molecule has 0 atom stereocenters. The molecule has 0 radical (unpaired) electrons. The van der Waals surface area contributed by atoms with Crippen LogP contribution < -0.4 is 15.4 Å². The fraction of sp³-hybridized carbons (Fsp3) is 0.400. The molecule has 0 fully saturated rings. The van der Waals surface area contributed by atoms with E-state index in [9.17, 15) is 9.59 Å². The summed E-state index contributed by atoms with van der Waals surface area (Å²) in [6, 6.07) is 7.28. The number of thiophene rings is 1. The van der Waals surface area contributed by atoms with Crippen molar-refractivity contribution in [3.05, 3.63) is 44.7 Å². The van der Waals surface area contributed by atoms with Gasteiger partial charge in [-0.1, -0.05) is 15.9 Å². The summed E-state index contributed by atoms with van der Waals surface area (Å²) in [6.45, 7) is 0.760. The lowest BCUT2D eigenvalue weighted by atomic mass is 9.95. The van der Waals surface area contributed by atoms with E-state index in [0.717, 1.165) is 35.7 Å². The van der Waals surface area contributed by atoms with Gasteiger partial charge in [0.25, 0.3) is 11.8 Å². The summed E-state index contributed by atoms with van der Waals surface area (Å²) >= 11 is 4.86. The van der Waals surface area contributed by atoms with E-state index >= 15 is 0 Å². The van der Waals surface area contributed by atoms with Crippen LogP contribution in [0.3, 0.4) is 0 Å². The molecule has 1 aromatic carbocycles. The normalized spacial score (nSPS) is 12.9. The molecule has 0 saturated heterocycles. The van der Waals surface area contributed by atoms with E-state index in [2.05, 4.69) is 26.6 Å². The van der Waals surface area contributed by atoms with Crippen molar-refractivity contribution in [1.82, 2.24) is 5.32 Å². The molecular weight excluding hydrogens is 444 g/mol. The monoisotopic (exact) mass is 466 g/mol. The van der Waals surface area contributed by atoms with Crippen LogP contribution in [0.2, 0.25) is 0 Å². The van der Waals surface area contributed by atoms with Gasteiger partial charge in [0.1, 0.15) is 10.8 Å². The number of methoxy groups -OCH3 is 1. The number of rotatable bonds is 8. The van der Waals surface area contributed by atoms with Crippen LogP contribution in [0.15, 0.2) is 28.7 Å². The maximum atomic E-state index is 12.7. The fourth-order valence-corrected chi connectivity index (χ4v) is 4.66. The van der Waals surface area contributed by atoms with E-state index in [1.54, 1.807) is 19.2 Å². The van der Waals surface area contributed by atoms with E-state index in [1.807, 2.05) is 12.1 Å². The lowest BCUT2D eigenvalue weighted by molar-refractivity contribution is -0.118. The average Bonchev–Trinajstić information content (AvgIpc) is 3.05. The highest BCUT2D eigenvalue weighted by atomic mass is 79.9. The summed E-state index contributed by atoms with van der Waals surface area (Å²) in [6.07, 6.45) is 3.98. The highest BCUT2D eigenvalue weighted by molar-refractivity contribution is 9.10. The van der Waals surface area contributed by atoms with Crippen LogP contribution in [0.25, 0.3) is 0 Å². The molecule has 6 nitrogen and oxygen atoms in total. The first-order valence-electron chi connectivity index (χ1n) is 9.18. The molecule has 1 heterocycles. The first-order chi connectivity index (χ1) is 13.6. The highest BCUT2D eigenvalue weighted by Crippen LogP contribution is 2.38. The number of fused-ring (bicyclic) bond motifs is 1. The van der Waals surface area contributed by atoms with Crippen molar-refractivity contribution in [2.24, 2.45) is 0 Å². The number of hydrogen-bond acceptors (Lipinski definition) is 5. The van der Waals surface area contributed by atoms with E-state index < -0.39 is 0 Å². The summed E-state index contributed by atoms with van der Waals surface area (Å²) in [7, 11) is 1.59. The van der Waals surface area contributed by atoms with Gasteiger partial charge in [-0.25, -0.2) is 0 Å². The zero-order valence-corrected chi connectivity index (χ0v) is 18.1. The van der Waals surface area contributed by atoms with Gasteiger partial charge in [0, 0.05) is 23.0 Å². The Bertz CT molecular complexity index is 835. The van der Waals surface area contributed by atoms with Crippen molar-refractivity contribution in [2.75, 3.05) is 32.2 Å². The van der Waals surface area contributed by atoms with Crippen LogP contribution in [0.4, 0.5) is 5.00 Å². The Morgan fingerprint density at radius 2 is 1.93 bits per heavy atom. The third-order valence-corrected chi connectivity index (χ3v) is 6.16. The number of ether oxygens (including phenoxy) is 2. The van der Waals surface area contributed by atoms with Gasteiger partial charge in [0.2, 0.25) is 0 Å². The predicted octanol–water partition coefficient (Wildman–Crippen LogP) is 3.78. The molecule has 2 aromatic rings. The molecule has 8 heteroatoms. The van der Waals surface area contributed by atoms with Crippen LogP contribution in [-0.2, 0) is 22.4 Å². The van der Waals surface area contributed by atoms with Crippen LogP contribution in [0.5, 0.6) is 5.75 Å². The van der Waals surface area contributed by atoms with Crippen molar-refractivity contribution in [1.29, 1.82) is 0 Å². The van der Waals surface area contributed by atoms with E-state index in [1.165, 1.54) is 16.2 Å². The number of hydrogen-bond donors (Lipinski definition) is 2. The van der Waals surface area contributed by atoms with Crippen molar-refractivity contribution in [3.63, 3.8) is 0 Å². The van der Waals surface area contributed by atoms with Gasteiger partial charge < -0.3 is 20.1 Å². The Balaban J connectivity index is 1.69. The van der Waals surface area contributed by atoms with Gasteiger partial charge in [-0.15, -0.1) is 11.3 Å². The first kappa shape index (κ1) is 20.8. The summed E-state index contributed by atoms with van der Waals surface area (Å²) < 4.78 is 11.5. The second-order valence-electron chi connectivity index (χ2n) is 6.45. The fourth-order valence-electron chi connectivity index (χ4n) is 3.09. The predicted molar refractivity (Wildman–Crippen MR) is 113 cm³/mol. The van der Waals surface area contributed by atoms with Crippen molar-refractivity contribution < 1.29 is 19.1 Å². The molecule has 0 unspecified atom stereocenters. The molecule has 3 rings (SSSR count). The topological polar surface area (TPSA) is 76.7 Å². The van der Waals surface area contributed by atoms with Crippen molar-refractivity contribution in [2.45, 2.75) is 25.7 Å². The minimum Gasteiger partial charge on any atom is -0.484 e. The van der Waals surface area contributed by atoms with Gasteiger partial charge >= 0.3 is 0 Å². The Labute approximate surface area is 176 Å². The summed E-state index contributed by atoms with van der Waals surface area (Å²) in [5.74, 6) is 0.161. The summed E-state index contributed by atoms with van der Waals surface area (Å²) in [5, 5.41) is 6.35. The maximum Gasteiger partial charge on any atom is 0.262 e. The van der Waals surface area contributed by atoms with Crippen LogP contribution >= 0.6 is 27.3 Å². The number of carbonyl (C=O) groups is 2. The first-order valence-corrected chi connectivity index (χ1v) is 10.8. The summed E-state index contributed by atoms with van der Waals surface area (Å²) in [4.78, 5) is 26.3. The van der Waals surface area contributed by atoms with Crippen molar-refractivity contribution in [3.8, 4) is 5.75 Å². The molecule has 0 spiro atoms. The molecule has 0 saturated carbocycles. The Hall–Kier alpha value is -1.90. The molecule has 28 heavy (non-hydrogen) atoms. The smallest absolute Gasteiger partial charge is 0.262 e. The lowest BCUT2D eigenvalue weighted by Gasteiger charge is -2.13. The van der Waals surface area contributed by atoms with E-state index in [-0.39, 0.29) is 18.4 Å². The van der Waals surface area contributed by atoms with Gasteiger partial charge in [-0.2, -0.15) is 0 Å². The quantitative estimate of drug-likeness (QED) is 0.580.